The van der Waals surface area contributed by atoms with Gasteiger partial charge < -0.3 is 9.64 Å². The summed E-state index contributed by atoms with van der Waals surface area (Å²) >= 11 is 7.54. The highest BCUT2D eigenvalue weighted by Crippen LogP contribution is 2.71. The molecule has 1 aliphatic heterocycles. The molecule has 2 aliphatic carbocycles. The zero-order valence-electron chi connectivity index (χ0n) is 18.7. The molecule has 174 valence electrons. The van der Waals surface area contributed by atoms with Crippen molar-refractivity contribution in [3.8, 4) is 16.9 Å². The number of aromatic nitrogens is 3. The Bertz CT molecular complexity index is 1330. The van der Waals surface area contributed by atoms with E-state index in [2.05, 4.69) is 20.3 Å². The van der Waals surface area contributed by atoms with Crippen molar-refractivity contribution in [1.82, 2.24) is 19.9 Å². The number of fused-ring (bicyclic) bond motifs is 1. The summed E-state index contributed by atoms with van der Waals surface area (Å²) in [5.74, 6) is 0.651. The molecular weight excluding hydrogens is 474 g/mol. The van der Waals surface area contributed by atoms with E-state index >= 15 is 0 Å². The van der Waals surface area contributed by atoms with Gasteiger partial charge in [0.1, 0.15) is 10.9 Å². The molecule has 34 heavy (non-hydrogen) atoms. The minimum absolute atomic E-state index is 0.215. The van der Waals surface area contributed by atoms with E-state index in [1.807, 2.05) is 17.9 Å². The SMILES string of the molecule is COc1cnc(Cl)cc1-c1cc(C)ncc1C(=O)Nc1nc2c(s1)CN(C(=O)C1CC13CC3)C2. The van der Waals surface area contributed by atoms with Gasteiger partial charge >= 0.3 is 0 Å². The standard InChI is InChI=1S/C24H22ClN5O3S/c1-12-5-13(14-6-20(25)27-9-18(14)33-2)15(8-26-12)21(31)29-23-28-17-10-30(11-19(17)34-23)22(32)16-7-24(16)3-4-24/h5-6,8-9,16H,3-4,7,10-11H2,1-2H3,(H,28,29,31). The van der Waals surface area contributed by atoms with Gasteiger partial charge in [-0.3, -0.25) is 19.9 Å². The lowest BCUT2D eigenvalue weighted by Crippen LogP contribution is -2.27. The Kier molecular flexibility index (Phi) is 4.90. The van der Waals surface area contributed by atoms with Crippen LogP contribution >= 0.6 is 22.9 Å². The zero-order valence-corrected chi connectivity index (χ0v) is 20.3. The first-order valence-electron chi connectivity index (χ1n) is 11.1. The van der Waals surface area contributed by atoms with Crippen LogP contribution in [0.2, 0.25) is 5.15 Å². The molecule has 2 saturated carbocycles. The second kappa shape index (κ2) is 7.74. The lowest BCUT2D eigenvalue weighted by Gasteiger charge is -2.15. The molecule has 1 unspecified atom stereocenters. The van der Waals surface area contributed by atoms with Crippen LogP contribution in [0.1, 0.15) is 45.9 Å². The van der Waals surface area contributed by atoms with Gasteiger partial charge in [-0.2, -0.15) is 0 Å². The van der Waals surface area contributed by atoms with Gasteiger partial charge in [-0.25, -0.2) is 9.97 Å². The third kappa shape index (κ3) is 3.63. The lowest BCUT2D eigenvalue weighted by atomic mass is 10.0. The lowest BCUT2D eigenvalue weighted by molar-refractivity contribution is -0.133. The van der Waals surface area contributed by atoms with Gasteiger partial charge in [-0.1, -0.05) is 22.9 Å². The van der Waals surface area contributed by atoms with Gasteiger partial charge in [0.15, 0.2) is 5.13 Å². The van der Waals surface area contributed by atoms with Crippen molar-refractivity contribution < 1.29 is 14.3 Å². The Morgan fingerprint density at radius 2 is 2.03 bits per heavy atom. The van der Waals surface area contributed by atoms with Gasteiger partial charge in [-0.15, -0.1) is 0 Å². The molecule has 3 aliphatic rings. The first-order chi connectivity index (χ1) is 16.4. The van der Waals surface area contributed by atoms with Crippen molar-refractivity contribution in [2.45, 2.75) is 39.3 Å². The highest BCUT2D eigenvalue weighted by atomic mass is 35.5. The average Bonchev–Trinajstić information content (AvgIpc) is 3.66. The largest absolute Gasteiger partial charge is 0.494 e. The number of hydrogen-bond donors (Lipinski definition) is 1. The van der Waals surface area contributed by atoms with E-state index in [0.29, 0.717) is 51.2 Å². The average molecular weight is 496 g/mol. The fourth-order valence-corrected chi connectivity index (χ4v) is 5.94. The summed E-state index contributed by atoms with van der Waals surface area (Å²) in [6.07, 6.45) is 6.51. The number of carbonyl (C=O) groups is 2. The van der Waals surface area contributed by atoms with Crippen LogP contribution in [0.5, 0.6) is 5.75 Å². The molecular formula is C24H22ClN5O3S. The maximum absolute atomic E-state index is 13.2. The third-order valence-electron chi connectivity index (χ3n) is 6.99. The number of aryl methyl sites for hydroxylation is 1. The van der Waals surface area contributed by atoms with Crippen LogP contribution in [0.15, 0.2) is 24.5 Å². The van der Waals surface area contributed by atoms with E-state index in [9.17, 15) is 9.59 Å². The van der Waals surface area contributed by atoms with E-state index in [4.69, 9.17) is 16.3 Å². The van der Waals surface area contributed by atoms with Gasteiger partial charge in [0.2, 0.25) is 5.91 Å². The number of halogens is 1. The summed E-state index contributed by atoms with van der Waals surface area (Å²) in [5.41, 5.74) is 3.64. The summed E-state index contributed by atoms with van der Waals surface area (Å²) in [6, 6.07) is 3.49. The Morgan fingerprint density at radius 3 is 2.74 bits per heavy atom. The summed E-state index contributed by atoms with van der Waals surface area (Å²) in [4.78, 5) is 41.9. The number of amides is 2. The van der Waals surface area contributed by atoms with Crippen LogP contribution in [0.3, 0.4) is 0 Å². The Balaban J connectivity index is 1.21. The second-order valence-corrected chi connectivity index (χ2v) is 10.7. The van der Waals surface area contributed by atoms with Gasteiger partial charge in [0.25, 0.3) is 5.91 Å². The summed E-state index contributed by atoms with van der Waals surface area (Å²) in [7, 11) is 1.54. The van der Waals surface area contributed by atoms with Gasteiger partial charge in [-0.05, 0) is 43.7 Å². The second-order valence-electron chi connectivity index (χ2n) is 9.23. The van der Waals surface area contributed by atoms with E-state index in [0.717, 1.165) is 22.7 Å². The molecule has 10 heteroatoms. The van der Waals surface area contributed by atoms with Crippen LogP contribution in [0, 0.1) is 18.3 Å². The number of rotatable bonds is 5. The van der Waals surface area contributed by atoms with Gasteiger partial charge in [0, 0.05) is 28.9 Å². The molecule has 0 saturated heterocycles. The van der Waals surface area contributed by atoms with Crippen molar-refractivity contribution in [2.75, 3.05) is 12.4 Å². The smallest absolute Gasteiger partial charge is 0.259 e. The number of nitrogens with zero attached hydrogens (tertiary/aromatic N) is 4. The van der Waals surface area contributed by atoms with Crippen LogP contribution in [-0.2, 0) is 17.9 Å². The van der Waals surface area contributed by atoms with E-state index in [-0.39, 0.29) is 17.7 Å². The number of ether oxygens (including phenoxy) is 1. The van der Waals surface area contributed by atoms with Crippen molar-refractivity contribution in [2.24, 2.45) is 11.3 Å². The van der Waals surface area contributed by atoms with Crippen molar-refractivity contribution in [1.29, 1.82) is 0 Å². The number of carbonyl (C=O) groups excluding carboxylic acids is 2. The highest BCUT2D eigenvalue weighted by molar-refractivity contribution is 7.16. The normalized spacial score (nSPS) is 19.1. The third-order valence-corrected chi connectivity index (χ3v) is 8.20. The predicted molar refractivity (Wildman–Crippen MR) is 128 cm³/mol. The molecule has 2 amide bonds. The molecule has 4 heterocycles. The summed E-state index contributed by atoms with van der Waals surface area (Å²) < 4.78 is 5.44. The quantitative estimate of drug-likeness (QED) is 0.525. The predicted octanol–water partition coefficient (Wildman–Crippen LogP) is 4.47. The van der Waals surface area contributed by atoms with E-state index in [1.54, 1.807) is 19.4 Å². The van der Waals surface area contributed by atoms with Crippen molar-refractivity contribution in [3.05, 3.63) is 51.5 Å². The first-order valence-corrected chi connectivity index (χ1v) is 12.3. The molecule has 0 aromatic carbocycles. The first kappa shape index (κ1) is 21.5. The van der Waals surface area contributed by atoms with Crippen LogP contribution in [0.25, 0.3) is 11.1 Å². The van der Waals surface area contributed by atoms with Crippen LogP contribution < -0.4 is 10.1 Å². The number of anilines is 1. The fraction of sp³-hybridized carbons (Fsp3) is 0.375. The Morgan fingerprint density at radius 1 is 1.21 bits per heavy atom. The monoisotopic (exact) mass is 495 g/mol. The number of thiazole rings is 1. The van der Waals surface area contributed by atoms with Crippen LogP contribution in [-0.4, -0.2) is 38.8 Å². The maximum Gasteiger partial charge on any atom is 0.259 e. The van der Waals surface area contributed by atoms with E-state index < -0.39 is 0 Å². The molecule has 3 aromatic rings. The van der Waals surface area contributed by atoms with Crippen LogP contribution in [0.4, 0.5) is 5.13 Å². The number of hydrogen-bond acceptors (Lipinski definition) is 7. The topological polar surface area (TPSA) is 97.3 Å². The van der Waals surface area contributed by atoms with E-state index in [1.165, 1.54) is 30.4 Å². The molecule has 1 atom stereocenters. The van der Waals surface area contributed by atoms with Gasteiger partial charge in [0.05, 0.1) is 42.5 Å². The summed E-state index contributed by atoms with van der Waals surface area (Å²) in [6.45, 7) is 2.93. The minimum Gasteiger partial charge on any atom is -0.494 e. The molecule has 8 nitrogen and oxygen atoms in total. The number of pyridine rings is 2. The summed E-state index contributed by atoms with van der Waals surface area (Å²) in [5, 5.41) is 3.72. The molecule has 3 aromatic heterocycles. The molecule has 2 fully saturated rings. The van der Waals surface area contributed by atoms with Crippen molar-refractivity contribution >= 4 is 39.9 Å². The zero-order chi connectivity index (χ0) is 23.6. The Labute approximate surface area is 205 Å². The van der Waals surface area contributed by atoms with Crippen molar-refractivity contribution in [3.63, 3.8) is 0 Å². The maximum atomic E-state index is 13.2. The number of methoxy groups -OCH3 is 1. The molecule has 0 bridgehead atoms. The molecule has 1 spiro atoms. The Hall–Kier alpha value is -3.04. The minimum atomic E-state index is -0.327. The molecule has 0 radical (unpaired) electrons. The molecule has 6 rings (SSSR count). The number of nitrogens with one attached hydrogen (secondary N) is 1. The highest BCUT2D eigenvalue weighted by Gasteiger charge is 2.66. The fourth-order valence-electron chi connectivity index (χ4n) is 4.80. The molecule has 1 N–H and O–H groups in total.